The molecule has 0 saturated carbocycles. The predicted octanol–water partition coefficient (Wildman–Crippen LogP) is 6.30. The topological polar surface area (TPSA) is 29.5 Å². The summed E-state index contributed by atoms with van der Waals surface area (Å²) in [6.07, 6.45) is 6.98. The Morgan fingerprint density at radius 3 is 2.75 bits per heavy atom. The lowest BCUT2D eigenvalue weighted by Gasteiger charge is -2.18. The Bertz CT molecular complexity index is 777. The molecule has 128 valence electrons. The molecule has 3 nitrogen and oxygen atoms in total. The first-order chi connectivity index (χ1) is 11.7. The zero-order valence-electron chi connectivity index (χ0n) is 14.1. The maximum Gasteiger partial charge on any atom is 0.415 e. The number of carbonyl (C=O) groups excluding carboxylic acids is 1. The van der Waals surface area contributed by atoms with E-state index >= 15 is 0 Å². The third-order valence-electron chi connectivity index (χ3n) is 4.42. The molecule has 1 aliphatic rings. The summed E-state index contributed by atoms with van der Waals surface area (Å²) in [7, 11) is 0. The van der Waals surface area contributed by atoms with Crippen molar-refractivity contribution in [3.8, 4) is 5.75 Å². The zero-order chi connectivity index (χ0) is 17.1. The summed E-state index contributed by atoms with van der Waals surface area (Å²) >= 11 is 4.19. The highest BCUT2D eigenvalue weighted by Gasteiger charge is 2.20. The smallest absolute Gasteiger partial charge is 0.409 e. The molecule has 0 aliphatic heterocycles. The Morgan fingerprint density at radius 1 is 1.29 bits per heavy atom. The lowest BCUT2D eigenvalue weighted by atomic mass is 9.98. The molecule has 0 saturated heterocycles. The van der Waals surface area contributed by atoms with Crippen LogP contribution >= 0.6 is 33.9 Å². The Kier molecular flexibility index (Phi) is 5.81. The van der Waals surface area contributed by atoms with Gasteiger partial charge in [-0.05, 0) is 73.8 Å². The first kappa shape index (κ1) is 17.7. The highest BCUT2D eigenvalue weighted by molar-refractivity contribution is 14.1. The fraction of sp³-hybridized carbons (Fsp3) is 0.421. The number of amides is 1. The minimum Gasteiger partial charge on any atom is -0.409 e. The van der Waals surface area contributed by atoms with Crippen molar-refractivity contribution in [1.82, 2.24) is 4.90 Å². The molecule has 1 heterocycles. The third kappa shape index (κ3) is 3.47. The van der Waals surface area contributed by atoms with Crippen molar-refractivity contribution >= 4 is 55.7 Å². The second-order valence-corrected chi connectivity index (χ2v) is 7.99. The number of halogens is 1. The molecule has 0 bridgehead atoms. The molecule has 24 heavy (non-hydrogen) atoms. The van der Waals surface area contributed by atoms with E-state index in [0.29, 0.717) is 18.8 Å². The molecular formula is C19H22INO2S. The molecule has 0 N–H and O–H groups in total. The number of allylic oxidation sites excluding steroid dienone is 2. The number of nitrogens with zero attached hydrogens (tertiary/aromatic N) is 1. The van der Waals surface area contributed by atoms with E-state index in [4.69, 9.17) is 4.74 Å². The van der Waals surface area contributed by atoms with Crippen molar-refractivity contribution in [3.05, 3.63) is 32.7 Å². The minimum atomic E-state index is -0.269. The summed E-state index contributed by atoms with van der Waals surface area (Å²) < 4.78 is 8.05. The molecule has 3 rings (SSSR count). The van der Waals surface area contributed by atoms with E-state index in [9.17, 15) is 4.79 Å². The maximum atomic E-state index is 12.3. The summed E-state index contributed by atoms with van der Waals surface area (Å²) in [5.74, 6) is 0.676. The van der Waals surface area contributed by atoms with Crippen LogP contribution in [0.15, 0.2) is 24.3 Å². The average molecular weight is 455 g/mol. The normalized spacial score (nSPS) is 14.5. The molecule has 0 spiro atoms. The molecule has 1 aromatic carbocycles. The van der Waals surface area contributed by atoms with Crippen LogP contribution in [0.3, 0.4) is 0 Å². The fourth-order valence-electron chi connectivity index (χ4n) is 3.03. The van der Waals surface area contributed by atoms with Gasteiger partial charge in [0.1, 0.15) is 0 Å². The van der Waals surface area contributed by atoms with E-state index in [1.807, 2.05) is 26.0 Å². The molecule has 0 radical (unpaired) electrons. The van der Waals surface area contributed by atoms with Crippen molar-refractivity contribution < 1.29 is 9.53 Å². The first-order valence-corrected chi connectivity index (χ1v) is 10.4. The van der Waals surface area contributed by atoms with Gasteiger partial charge >= 0.3 is 6.09 Å². The van der Waals surface area contributed by atoms with Gasteiger partial charge < -0.3 is 9.64 Å². The Morgan fingerprint density at radius 2 is 2.08 bits per heavy atom. The number of ether oxygens (including phenoxy) is 1. The van der Waals surface area contributed by atoms with Crippen molar-refractivity contribution in [2.45, 2.75) is 39.5 Å². The zero-order valence-corrected chi connectivity index (χ0v) is 17.1. The Balaban J connectivity index is 1.98. The van der Waals surface area contributed by atoms with Crippen LogP contribution < -0.4 is 4.74 Å². The Hall–Kier alpha value is -1.08. The molecule has 0 atom stereocenters. The quantitative estimate of drug-likeness (QED) is 0.506. The van der Waals surface area contributed by atoms with Gasteiger partial charge in [0.05, 0.1) is 4.70 Å². The van der Waals surface area contributed by atoms with Gasteiger partial charge in [-0.1, -0.05) is 18.2 Å². The molecule has 1 aromatic heterocycles. The lowest BCUT2D eigenvalue weighted by Crippen LogP contribution is -2.33. The van der Waals surface area contributed by atoms with Crippen molar-refractivity contribution in [2.75, 3.05) is 13.1 Å². The van der Waals surface area contributed by atoms with E-state index in [2.05, 4.69) is 34.7 Å². The predicted molar refractivity (Wildman–Crippen MR) is 110 cm³/mol. The van der Waals surface area contributed by atoms with Crippen molar-refractivity contribution in [2.24, 2.45) is 0 Å². The first-order valence-electron chi connectivity index (χ1n) is 8.52. The highest BCUT2D eigenvalue weighted by atomic mass is 127. The van der Waals surface area contributed by atoms with Gasteiger partial charge in [0.2, 0.25) is 0 Å². The van der Waals surface area contributed by atoms with Gasteiger partial charge in [-0.2, -0.15) is 0 Å². The molecule has 2 aromatic rings. The van der Waals surface area contributed by atoms with Gasteiger partial charge in [0.25, 0.3) is 0 Å². The lowest BCUT2D eigenvalue weighted by molar-refractivity contribution is 0.158. The van der Waals surface area contributed by atoms with Crippen LogP contribution in [0.1, 0.15) is 44.4 Å². The molecule has 1 amide bonds. The number of thiophene rings is 1. The molecule has 1 aliphatic carbocycles. The van der Waals surface area contributed by atoms with Crippen LogP contribution in [-0.4, -0.2) is 24.1 Å². The number of rotatable bonds is 4. The van der Waals surface area contributed by atoms with E-state index in [1.165, 1.54) is 38.7 Å². The second-order valence-electron chi connectivity index (χ2n) is 5.89. The summed E-state index contributed by atoms with van der Waals surface area (Å²) in [6.45, 7) is 5.25. The number of fused-ring (bicyclic) bond motifs is 1. The summed E-state index contributed by atoms with van der Waals surface area (Å²) in [5.41, 5.74) is 1.45. The monoisotopic (exact) mass is 455 g/mol. The third-order valence-corrected chi connectivity index (χ3v) is 7.20. The van der Waals surface area contributed by atoms with Crippen LogP contribution in [0.4, 0.5) is 4.79 Å². The van der Waals surface area contributed by atoms with Crippen LogP contribution in [0.5, 0.6) is 5.75 Å². The Labute approximate surface area is 160 Å². The number of carbonyl (C=O) groups is 1. The van der Waals surface area contributed by atoms with E-state index in [-0.39, 0.29) is 6.09 Å². The number of hydrogen-bond donors (Lipinski definition) is 0. The summed E-state index contributed by atoms with van der Waals surface area (Å²) in [6, 6.07) is 5.99. The van der Waals surface area contributed by atoms with Crippen LogP contribution in [-0.2, 0) is 0 Å². The van der Waals surface area contributed by atoms with Crippen LogP contribution in [0.2, 0.25) is 0 Å². The average Bonchev–Trinajstić information content (AvgIpc) is 2.95. The summed E-state index contributed by atoms with van der Waals surface area (Å²) in [5, 5.41) is 1.19. The van der Waals surface area contributed by atoms with Gasteiger partial charge in [-0.25, -0.2) is 4.79 Å². The van der Waals surface area contributed by atoms with Gasteiger partial charge in [0, 0.05) is 26.9 Å². The van der Waals surface area contributed by atoms with Crippen molar-refractivity contribution in [3.63, 3.8) is 0 Å². The second kappa shape index (κ2) is 7.87. The van der Waals surface area contributed by atoms with Gasteiger partial charge in [-0.3, -0.25) is 0 Å². The summed E-state index contributed by atoms with van der Waals surface area (Å²) in [4.78, 5) is 15.3. The molecule has 0 fully saturated rings. The number of hydrogen-bond acceptors (Lipinski definition) is 3. The molecule has 5 heteroatoms. The minimum absolute atomic E-state index is 0.269. The largest absolute Gasteiger partial charge is 0.415 e. The van der Waals surface area contributed by atoms with Crippen LogP contribution in [0.25, 0.3) is 15.7 Å². The van der Waals surface area contributed by atoms with Gasteiger partial charge in [-0.15, -0.1) is 11.3 Å². The molecule has 0 unspecified atom stereocenters. The fourth-order valence-corrected chi connectivity index (χ4v) is 5.55. The van der Waals surface area contributed by atoms with E-state index in [1.54, 1.807) is 16.2 Å². The number of benzene rings is 1. The van der Waals surface area contributed by atoms with Gasteiger partial charge in [0.15, 0.2) is 5.75 Å². The SMILES string of the molecule is CCN(CC)C(=O)Oc1cccc2c(I)c(C3=CCCCC3)sc12. The highest BCUT2D eigenvalue weighted by Crippen LogP contribution is 2.43. The maximum absolute atomic E-state index is 12.3. The molecular weight excluding hydrogens is 433 g/mol. The standard InChI is InChI=1S/C19H22INO2S/c1-3-21(4-2)19(22)23-15-12-8-11-14-16(20)17(24-18(14)15)13-9-6-5-7-10-13/h8-9,11-12H,3-7,10H2,1-2H3. The van der Waals surface area contributed by atoms with Crippen LogP contribution in [0, 0.1) is 3.57 Å². The van der Waals surface area contributed by atoms with E-state index in [0.717, 1.165) is 11.1 Å². The van der Waals surface area contributed by atoms with Crippen molar-refractivity contribution in [1.29, 1.82) is 0 Å². The van der Waals surface area contributed by atoms with E-state index < -0.39 is 0 Å².